The lowest BCUT2D eigenvalue weighted by Crippen LogP contribution is -2.55. The summed E-state index contributed by atoms with van der Waals surface area (Å²) < 4.78 is 1.85. The molecule has 3 aromatic rings. The average molecular weight is 429 g/mol. The number of nitrogens with zero attached hydrogens (tertiary/aromatic N) is 6. The molecule has 0 radical (unpaired) electrons. The lowest BCUT2D eigenvalue weighted by atomic mass is 9.76. The third-order valence-electron chi connectivity index (χ3n) is 8.66. The first-order valence-electron chi connectivity index (χ1n) is 11.5. The largest absolute Gasteiger partial charge is 0.389 e. The summed E-state index contributed by atoms with van der Waals surface area (Å²) >= 11 is 0. The molecule has 2 saturated carbocycles. The zero-order chi connectivity index (χ0) is 22.3. The van der Waals surface area contributed by atoms with Crippen molar-refractivity contribution in [2.45, 2.75) is 51.0 Å². The predicted molar refractivity (Wildman–Crippen MR) is 121 cm³/mol. The maximum atomic E-state index is 10.8. The molecule has 1 saturated heterocycles. The van der Waals surface area contributed by atoms with Gasteiger partial charge >= 0.3 is 0 Å². The highest BCUT2D eigenvalue weighted by Crippen LogP contribution is 2.78. The second-order valence-corrected chi connectivity index (χ2v) is 10.5. The molecule has 32 heavy (non-hydrogen) atoms. The van der Waals surface area contributed by atoms with Crippen LogP contribution in [-0.2, 0) is 5.41 Å². The van der Waals surface area contributed by atoms with Crippen LogP contribution >= 0.6 is 0 Å². The van der Waals surface area contributed by atoms with E-state index in [9.17, 15) is 10.4 Å². The van der Waals surface area contributed by atoms with Crippen LogP contribution in [0, 0.1) is 28.6 Å². The van der Waals surface area contributed by atoms with Crippen molar-refractivity contribution in [3.05, 3.63) is 42.4 Å². The van der Waals surface area contributed by atoms with Gasteiger partial charge in [0.05, 0.1) is 28.8 Å². The van der Waals surface area contributed by atoms with E-state index in [-0.39, 0.29) is 22.7 Å². The summed E-state index contributed by atoms with van der Waals surface area (Å²) in [6.45, 7) is 7.58. The Morgan fingerprint density at radius 1 is 1.09 bits per heavy atom. The van der Waals surface area contributed by atoms with Crippen molar-refractivity contribution in [2.24, 2.45) is 17.3 Å². The molecule has 3 fully saturated rings. The molecule has 0 amide bonds. The Bertz CT molecular complexity index is 1250. The van der Waals surface area contributed by atoms with Gasteiger partial charge < -0.3 is 10.0 Å². The fraction of sp³-hybridized carbons (Fsp3) is 0.520. The number of hydrogen-bond acceptors (Lipinski definition) is 6. The molecule has 7 heteroatoms. The zero-order valence-electron chi connectivity index (χ0n) is 18.8. The van der Waals surface area contributed by atoms with E-state index < -0.39 is 5.60 Å². The van der Waals surface area contributed by atoms with E-state index in [0.29, 0.717) is 5.82 Å². The van der Waals surface area contributed by atoms with Crippen LogP contribution in [0.25, 0.3) is 16.7 Å². The number of fused-ring (bicyclic) bond motifs is 1. The lowest BCUT2D eigenvalue weighted by molar-refractivity contribution is -0.0504. The minimum absolute atomic E-state index is 0.133. The lowest BCUT2D eigenvalue weighted by Gasteiger charge is -2.46. The summed E-state index contributed by atoms with van der Waals surface area (Å²) in [5.41, 5.74) is 1.28. The minimum Gasteiger partial charge on any atom is -0.389 e. The molecule has 3 heterocycles. The van der Waals surface area contributed by atoms with Gasteiger partial charge in [0.2, 0.25) is 0 Å². The van der Waals surface area contributed by atoms with E-state index in [1.807, 2.05) is 23.9 Å². The first kappa shape index (κ1) is 19.7. The quantitative estimate of drug-likeness (QED) is 0.685. The minimum atomic E-state index is -0.681. The molecule has 7 nitrogen and oxygen atoms in total. The van der Waals surface area contributed by atoms with Crippen LogP contribution in [0.5, 0.6) is 0 Å². The predicted octanol–water partition coefficient (Wildman–Crippen LogP) is 3.60. The van der Waals surface area contributed by atoms with Gasteiger partial charge in [0.1, 0.15) is 12.1 Å². The Morgan fingerprint density at radius 2 is 1.81 bits per heavy atom. The average Bonchev–Trinajstić information content (AvgIpc) is 3.66. The first-order chi connectivity index (χ1) is 15.3. The van der Waals surface area contributed by atoms with Crippen LogP contribution in [-0.4, -0.2) is 43.5 Å². The maximum Gasteiger partial charge on any atom is 0.159 e. The number of aliphatic hydroxyl groups is 1. The monoisotopic (exact) mass is 428 g/mol. The fourth-order valence-corrected chi connectivity index (χ4v) is 5.72. The van der Waals surface area contributed by atoms with Gasteiger partial charge in [-0.25, -0.2) is 14.6 Å². The Balaban J connectivity index is 1.37. The van der Waals surface area contributed by atoms with Crippen LogP contribution < -0.4 is 4.90 Å². The highest BCUT2D eigenvalue weighted by molar-refractivity contribution is 5.82. The van der Waals surface area contributed by atoms with Crippen LogP contribution in [0.1, 0.15) is 45.6 Å². The van der Waals surface area contributed by atoms with Gasteiger partial charge in [-0.15, -0.1) is 0 Å². The third kappa shape index (κ3) is 2.59. The van der Waals surface area contributed by atoms with Crippen molar-refractivity contribution in [3.8, 4) is 11.9 Å². The summed E-state index contributed by atoms with van der Waals surface area (Å²) in [4.78, 5) is 11.3. The molecule has 1 N–H and O–H groups in total. The van der Waals surface area contributed by atoms with Crippen molar-refractivity contribution in [3.63, 3.8) is 0 Å². The standard InChI is InChI=1S/C25H28N6O/c1-16-11-30(12-17(2)23(16,3)32)21-9-22(28-15-27-21)31-20-8-19(5-4-18(20)10-29-31)25(14-26)13-24(25)6-7-24/h4-5,8-10,15-17,32H,6-7,11-13H2,1-3H3/t16-,17+,23-,25-/m1/s1. The molecule has 2 aromatic heterocycles. The van der Waals surface area contributed by atoms with Crippen molar-refractivity contribution in [1.82, 2.24) is 19.7 Å². The van der Waals surface area contributed by atoms with E-state index in [1.54, 1.807) is 6.33 Å². The highest BCUT2D eigenvalue weighted by atomic mass is 16.3. The zero-order valence-corrected chi connectivity index (χ0v) is 18.8. The summed E-state index contributed by atoms with van der Waals surface area (Å²) in [5.74, 6) is 1.82. The van der Waals surface area contributed by atoms with E-state index >= 15 is 0 Å². The van der Waals surface area contributed by atoms with Gasteiger partial charge in [-0.3, -0.25) is 0 Å². The summed E-state index contributed by atoms with van der Waals surface area (Å²) in [5, 5.41) is 26.3. The Morgan fingerprint density at radius 3 is 2.47 bits per heavy atom. The SMILES string of the molecule is C[C@@H]1CN(c2cc(-n3ncc4ccc([C@]5(C#N)CC56CC6)cc43)ncn2)C[C@H](C)[C@]1(C)O. The molecule has 1 spiro atoms. The van der Waals surface area contributed by atoms with Crippen LogP contribution in [0.2, 0.25) is 0 Å². The molecule has 6 rings (SSSR count). The van der Waals surface area contributed by atoms with Gasteiger partial charge in [-0.05, 0) is 43.2 Å². The second kappa shape index (κ2) is 6.29. The molecule has 0 bridgehead atoms. The van der Waals surface area contributed by atoms with Gasteiger partial charge in [-0.2, -0.15) is 10.4 Å². The molecular weight excluding hydrogens is 400 g/mol. The van der Waals surface area contributed by atoms with Gasteiger partial charge in [0.25, 0.3) is 0 Å². The van der Waals surface area contributed by atoms with E-state index in [2.05, 4.69) is 58.1 Å². The molecule has 2 aliphatic carbocycles. The molecule has 4 atom stereocenters. The van der Waals surface area contributed by atoms with Crippen LogP contribution in [0.3, 0.4) is 0 Å². The number of piperidine rings is 1. The Labute approximate surface area is 187 Å². The number of anilines is 1. The highest BCUT2D eigenvalue weighted by Gasteiger charge is 2.75. The van der Waals surface area contributed by atoms with Gasteiger partial charge in [0, 0.05) is 36.4 Å². The Hall–Kier alpha value is -2.98. The Kier molecular flexibility index (Phi) is 3.87. The number of rotatable bonds is 3. The third-order valence-corrected chi connectivity index (χ3v) is 8.66. The molecule has 1 aromatic carbocycles. The molecular formula is C25H28N6O. The summed E-state index contributed by atoms with van der Waals surface area (Å²) in [6, 6.07) is 10.9. The first-order valence-corrected chi connectivity index (χ1v) is 11.5. The maximum absolute atomic E-state index is 10.8. The molecule has 164 valence electrons. The number of benzene rings is 1. The normalized spacial score (nSPS) is 32.8. The van der Waals surface area contributed by atoms with Gasteiger partial charge in [0.15, 0.2) is 5.82 Å². The summed E-state index contributed by atoms with van der Waals surface area (Å²) in [7, 11) is 0. The van der Waals surface area contributed by atoms with Crippen molar-refractivity contribution >= 4 is 16.7 Å². The van der Waals surface area contributed by atoms with Crippen molar-refractivity contribution in [1.29, 1.82) is 5.26 Å². The molecule has 3 aliphatic rings. The van der Waals surface area contributed by atoms with E-state index in [4.69, 9.17) is 0 Å². The van der Waals surface area contributed by atoms with Crippen LogP contribution in [0.15, 0.2) is 36.8 Å². The van der Waals surface area contributed by atoms with E-state index in [0.717, 1.165) is 54.6 Å². The number of nitriles is 1. The van der Waals surface area contributed by atoms with Crippen molar-refractivity contribution < 1.29 is 5.11 Å². The number of hydrogen-bond donors (Lipinski definition) is 1. The molecule has 1 aliphatic heterocycles. The number of aromatic nitrogens is 4. The van der Waals surface area contributed by atoms with E-state index in [1.165, 1.54) is 0 Å². The van der Waals surface area contributed by atoms with Gasteiger partial charge in [-0.1, -0.05) is 26.0 Å². The smallest absolute Gasteiger partial charge is 0.159 e. The topological polar surface area (TPSA) is 90.9 Å². The fourth-order valence-electron chi connectivity index (χ4n) is 5.72. The van der Waals surface area contributed by atoms with Crippen molar-refractivity contribution in [2.75, 3.05) is 18.0 Å². The van der Waals surface area contributed by atoms with Crippen LogP contribution in [0.4, 0.5) is 5.82 Å². The summed E-state index contributed by atoms with van der Waals surface area (Å²) in [6.07, 6.45) is 6.73. The second-order valence-electron chi connectivity index (χ2n) is 10.5. The molecule has 0 unspecified atom stereocenters.